The average Bonchev–Trinajstić information content (AvgIpc) is 3.51. The zero-order valence-electron chi connectivity index (χ0n) is 15.8. The van der Waals surface area contributed by atoms with Crippen LogP contribution in [-0.4, -0.2) is 19.7 Å². The van der Waals surface area contributed by atoms with Crippen LogP contribution in [0.2, 0.25) is 5.02 Å². The van der Waals surface area contributed by atoms with Gasteiger partial charge in [-0.15, -0.1) is 0 Å². The van der Waals surface area contributed by atoms with Crippen LogP contribution >= 0.6 is 11.6 Å². The molecule has 1 fully saturated rings. The topological polar surface area (TPSA) is 96.6 Å². The number of nitrogens with one attached hydrogen (secondary N) is 1. The van der Waals surface area contributed by atoms with Crippen LogP contribution in [0.5, 0.6) is 11.5 Å². The summed E-state index contributed by atoms with van der Waals surface area (Å²) in [6.45, 7) is 0.307. The summed E-state index contributed by atoms with van der Waals surface area (Å²) in [7, 11) is 0. The van der Waals surface area contributed by atoms with E-state index in [0.717, 1.165) is 29.5 Å². The Morgan fingerprint density at radius 1 is 1.30 bits per heavy atom. The molecule has 3 heterocycles. The Labute approximate surface area is 176 Å². The molecule has 148 valence electrons. The smallest absolute Gasteiger partial charge is 0.294 e. The van der Waals surface area contributed by atoms with Crippen LogP contribution < -0.4 is 10.3 Å². The number of hydrogen-bond donors (Lipinski definition) is 1. The van der Waals surface area contributed by atoms with Crippen LogP contribution in [0.3, 0.4) is 0 Å². The summed E-state index contributed by atoms with van der Waals surface area (Å²) < 4.78 is 7.59. The summed E-state index contributed by atoms with van der Waals surface area (Å²) >= 11 is 6.10. The summed E-state index contributed by atoms with van der Waals surface area (Å²) in [6, 6.07) is 12.5. The number of benzene rings is 1. The number of nitriles is 1. The van der Waals surface area contributed by atoms with Gasteiger partial charge in [0.2, 0.25) is 0 Å². The first-order chi connectivity index (χ1) is 14.6. The maximum Gasteiger partial charge on any atom is 0.294 e. The number of pyridine rings is 2. The third kappa shape index (κ3) is 3.42. The van der Waals surface area contributed by atoms with E-state index in [4.69, 9.17) is 16.3 Å². The molecule has 1 aromatic carbocycles. The van der Waals surface area contributed by atoms with Crippen molar-refractivity contribution >= 4 is 22.6 Å². The highest BCUT2D eigenvalue weighted by atomic mass is 35.5. The molecule has 0 radical (unpaired) electrons. The Morgan fingerprint density at radius 3 is 2.97 bits per heavy atom. The minimum Gasteiger partial charge on any atom is -0.451 e. The van der Waals surface area contributed by atoms with E-state index in [9.17, 15) is 10.1 Å². The van der Waals surface area contributed by atoms with Crippen LogP contribution in [0.1, 0.15) is 35.6 Å². The maximum absolute atomic E-state index is 13.3. The van der Waals surface area contributed by atoms with E-state index < -0.39 is 0 Å². The highest BCUT2D eigenvalue weighted by Gasteiger charge is 2.29. The maximum atomic E-state index is 13.3. The van der Waals surface area contributed by atoms with Gasteiger partial charge in [-0.2, -0.15) is 10.4 Å². The zero-order valence-corrected chi connectivity index (χ0v) is 16.6. The van der Waals surface area contributed by atoms with Gasteiger partial charge in [0.1, 0.15) is 5.75 Å². The van der Waals surface area contributed by atoms with E-state index in [0.29, 0.717) is 34.4 Å². The average molecular weight is 418 g/mol. The molecule has 1 N–H and O–H groups in total. The molecule has 8 heteroatoms. The SMILES string of the molecule is N#Cc1cc(Cl)cc(Oc2c(C3CC3)ccn(Cc3[nH]nc4ncccc34)c2=O)c1. The molecular weight excluding hydrogens is 402 g/mol. The molecule has 0 atom stereocenters. The summed E-state index contributed by atoms with van der Waals surface area (Å²) in [4.78, 5) is 17.5. The number of rotatable bonds is 5. The van der Waals surface area contributed by atoms with Crippen molar-refractivity contribution < 1.29 is 4.74 Å². The van der Waals surface area contributed by atoms with Gasteiger partial charge in [0, 0.05) is 28.4 Å². The number of H-pyrrole nitrogens is 1. The monoisotopic (exact) mass is 417 g/mol. The van der Waals surface area contributed by atoms with E-state index >= 15 is 0 Å². The largest absolute Gasteiger partial charge is 0.451 e. The predicted octanol–water partition coefficient (Wildman–Crippen LogP) is 4.36. The highest BCUT2D eigenvalue weighted by molar-refractivity contribution is 6.30. The number of aromatic amines is 1. The first kappa shape index (κ1) is 18.4. The van der Waals surface area contributed by atoms with Crippen molar-refractivity contribution in [3.63, 3.8) is 0 Å². The molecule has 3 aromatic heterocycles. The normalized spacial score (nSPS) is 13.3. The van der Waals surface area contributed by atoms with E-state index in [2.05, 4.69) is 21.3 Å². The second-order valence-electron chi connectivity index (χ2n) is 7.27. The van der Waals surface area contributed by atoms with Crippen molar-refractivity contribution in [3.05, 3.63) is 81.0 Å². The van der Waals surface area contributed by atoms with Gasteiger partial charge in [-0.1, -0.05) is 11.6 Å². The molecule has 1 saturated carbocycles. The lowest BCUT2D eigenvalue weighted by molar-refractivity contribution is 0.461. The Hall–Kier alpha value is -3.63. The standard InChI is InChI=1S/C22H16ClN5O2/c23-15-8-13(11-24)9-16(10-15)30-20-17(14-3-4-14)5-7-28(22(20)29)12-19-18-2-1-6-25-21(18)27-26-19/h1-2,5-10,14H,3-4,12H2,(H,25,26,27). The van der Waals surface area contributed by atoms with Crippen molar-refractivity contribution in [2.75, 3.05) is 0 Å². The lowest BCUT2D eigenvalue weighted by Gasteiger charge is -2.14. The first-order valence-corrected chi connectivity index (χ1v) is 9.90. The first-order valence-electron chi connectivity index (χ1n) is 9.52. The fourth-order valence-electron chi connectivity index (χ4n) is 3.51. The zero-order chi connectivity index (χ0) is 20.7. The Balaban J connectivity index is 1.56. The Kier molecular flexibility index (Phi) is 4.49. The van der Waals surface area contributed by atoms with Crippen LogP contribution in [0, 0.1) is 11.3 Å². The third-order valence-electron chi connectivity index (χ3n) is 5.13. The molecule has 0 bridgehead atoms. The number of ether oxygens (including phenoxy) is 1. The fourth-order valence-corrected chi connectivity index (χ4v) is 3.73. The molecule has 0 saturated heterocycles. The van der Waals surface area contributed by atoms with Gasteiger partial charge >= 0.3 is 0 Å². The quantitative estimate of drug-likeness (QED) is 0.520. The van der Waals surface area contributed by atoms with Crippen LogP contribution in [0.15, 0.2) is 53.6 Å². The molecule has 30 heavy (non-hydrogen) atoms. The minimum atomic E-state index is -0.246. The van der Waals surface area contributed by atoms with Crippen molar-refractivity contribution in [3.8, 4) is 17.6 Å². The van der Waals surface area contributed by atoms with E-state index in [1.54, 1.807) is 35.2 Å². The molecular formula is C22H16ClN5O2. The molecule has 5 rings (SSSR count). The molecule has 7 nitrogen and oxygen atoms in total. The van der Waals surface area contributed by atoms with E-state index in [-0.39, 0.29) is 11.3 Å². The number of hydrogen-bond acceptors (Lipinski definition) is 5. The van der Waals surface area contributed by atoms with Crippen LogP contribution in [-0.2, 0) is 6.54 Å². The summed E-state index contributed by atoms with van der Waals surface area (Å²) in [5.74, 6) is 0.953. The van der Waals surface area contributed by atoms with Crippen molar-refractivity contribution in [2.45, 2.75) is 25.3 Å². The summed E-state index contributed by atoms with van der Waals surface area (Å²) in [5, 5.41) is 17.6. The number of nitrogens with zero attached hydrogens (tertiary/aromatic N) is 4. The number of halogens is 1. The molecule has 0 spiro atoms. The van der Waals surface area contributed by atoms with Crippen LogP contribution in [0.25, 0.3) is 11.0 Å². The second-order valence-corrected chi connectivity index (χ2v) is 7.71. The van der Waals surface area contributed by atoms with Gasteiger partial charge in [0.25, 0.3) is 5.56 Å². The fraction of sp³-hybridized carbons (Fsp3) is 0.182. The minimum absolute atomic E-state index is 0.246. The van der Waals surface area contributed by atoms with Gasteiger partial charge in [0.15, 0.2) is 11.4 Å². The highest BCUT2D eigenvalue weighted by Crippen LogP contribution is 2.44. The lowest BCUT2D eigenvalue weighted by Crippen LogP contribution is -2.22. The molecule has 0 unspecified atom stereocenters. The number of fused-ring (bicyclic) bond motifs is 1. The molecule has 0 amide bonds. The third-order valence-corrected chi connectivity index (χ3v) is 5.34. The lowest BCUT2D eigenvalue weighted by atomic mass is 10.1. The van der Waals surface area contributed by atoms with Gasteiger partial charge < -0.3 is 9.30 Å². The molecule has 1 aliphatic carbocycles. The number of aromatic nitrogens is 4. The summed E-state index contributed by atoms with van der Waals surface area (Å²) in [5.41, 5.74) is 2.41. The Bertz CT molecular complexity index is 1360. The van der Waals surface area contributed by atoms with E-state index in [1.165, 1.54) is 0 Å². The van der Waals surface area contributed by atoms with Gasteiger partial charge in [-0.05, 0) is 55.2 Å². The van der Waals surface area contributed by atoms with Crippen molar-refractivity contribution in [1.29, 1.82) is 5.26 Å². The molecule has 4 aromatic rings. The molecule has 0 aliphatic heterocycles. The second kappa shape index (κ2) is 7.32. The van der Waals surface area contributed by atoms with Crippen LogP contribution in [0.4, 0.5) is 0 Å². The van der Waals surface area contributed by atoms with Gasteiger partial charge in [-0.3, -0.25) is 9.89 Å². The summed E-state index contributed by atoms with van der Waals surface area (Å²) in [6.07, 6.45) is 5.51. The van der Waals surface area contributed by atoms with Gasteiger partial charge in [0.05, 0.1) is 23.9 Å². The molecule has 1 aliphatic rings. The van der Waals surface area contributed by atoms with E-state index in [1.807, 2.05) is 18.2 Å². The van der Waals surface area contributed by atoms with Crippen molar-refractivity contribution in [2.24, 2.45) is 0 Å². The van der Waals surface area contributed by atoms with Crippen molar-refractivity contribution in [1.82, 2.24) is 19.7 Å². The predicted molar refractivity (Wildman–Crippen MR) is 112 cm³/mol. The van der Waals surface area contributed by atoms with Gasteiger partial charge in [-0.25, -0.2) is 4.98 Å². The Morgan fingerprint density at radius 2 is 2.17 bits per heavy atom.